The monoisotopic (exact) mass is 420 g/mol. The average Bonchev–Trinajstić information content (AvgIpc) is 3.19. The van der Waals surface area contributed by atoms with Gasteiger partial charge in [-0.1, -0.05) is 42.5 Å². The molecular formula is C23H21FN4O3. The first kappa shape index (κ1) is 20.3. The normalized spacial score (nSPS) is 11.0. The molecule has 0 spiro atoms. The average molecular weight is 420 g/mol. The minimum atomic E-state index is -0.681. The number of aryl methyl sites for hydroxylation is 1. The van der Waals surface area contributed by atoms with E-state index in [4.69, 9.17) is 0 Å². The van der Waals surface area contributed by atoms with Crippen molar-refractivity contribution >= 4 is 16.9 Å². The van der Waals surface area contributed by atoms with Gasteiger partial charge in [0.1, 0.15) is 17.9 Å². The molecule has 1 amide bonds. The van der Waals surface area contributed by atoms with Crippen molar-refractivity contribution in [3.8, 4) is 11.1 Å². The van der Waals surface area contributed by atoms with Crippen molar-refractivity contribution in [2.24, 2.45) is 0 Å². The highest BCUT2D eigenvalue weighted by Gasteiger charge is 2.15. The molecule has 2 aromatic heterocycles. The van der Waals surface area contributed by atoms with E-state index in [9.17, 15) is 18.8 Å². The summed E-state index contributed by atoms with van der Waals surface area (Å²) in [5, 5.41) is 2.74. The van der Waals surface area contributed by atoms with Crippen LogP contribution in [0.4, 0.5) is 4.39 Å². The summed E-state index contributed by atoms with van der Waals surface area (Å²) in [5.74, 6) is -0.792. The highest BCUT2D eigenvalue weighted by Crippen LogP contribution is 2.25. The molecule has 7 nitrogen and oxygen atoms in total. The zero-order chi connectivity index (χ0) is 21.8. The number of benzene rings is 2. The maximum Gasteiger partial charge on any atom is 0.329 e. The van der Waals surface area contributed by atoms with Crippen LogP contribution < -0.4 is 16.6 Å². The molecule has 0 aliphatic rings. The van der Waals surface area contributed by atoms with E-state index in [1.54, 1.807) is 18.3 Å². The summed E-state index contributed by atoms with van der Waals surface area (Å²) < 4.78 is 14.0. The van der Waals surface area contributed by atoms with E-state index < -0.39 is 17.2 Å². The lowest BCUT2D eigenvalue weighted by Crippen LogP contribution is -2.40. The number of fused-ring (bicyclic) bond motifs is 1. The zero-order valence-corrected chi connectivity index (χ0v) is 16.7. The number of H-pyrrole nitrogens is 2. The van der Waals surface area contributed by atoms with Crippen molar-refractivity contribution in [1.82, 2.24) is 19.9 Å². The fraction of sp³-hybridized carbons (Fsp3) is 0.174. The fourth-order valence-corrected chi connectivity index (χ4v) is 3.49. The summed E-state index contributed by atoms with van der Waals surface area (Å²) in [5.41, 5.74) is 1.63. The minimum absolute atomic E-state index is 0.177. The Hall–Kier alpha value is -3.94. The fourth-order valence-electron chi connectivity index (χ4n) is 3.49. The van der Waals surface area contributed by atoms with Gasteiger partial charge in [0, 0.05) is 18.3 Å². The molecule has 0 atom stereocenters. The van der Waals surface area contributed by atoms with Crippen LogP contribution in [-0.2, 0) is 17.8 Å². The molecule has 0 aliphatic carbocycles. The van der Waals surface area contributed by atoms with Gasteiger partial charge in [-0.05, 0) is 36.1 Å². The highest BCUT2D eigenvalue weighted by atomic mass is 19.1. The van der Waals surface area contributed by atoms with Crippen molar-refractivity contribution in [2.75, 3.05) is 6.54 Å². The third-order valence-corrected chi connectivity index (χ3v) is 5.08. The quantitative estimate of drug-likeness (QED) is 0.401. The van der Waals surface area contributed by atoms with Gasteiger partial charge in [-0.3, -0.25) is 9.59 Å². The summed E-state index contributed by atoms with van der Waals surface area (Å²) in [7, 11) is 0. The predicted octanol–water partition coefficient (Wildman–Crippen LogP) is 2.57. The van der Waals surface area contributed by atoms with Crippen molar-refractivity contribution in [1.29, 1.82) is 0 Å². The Bertz CT molecular complexity index is 1320. The lowest BCUT2D eigenvalue weighted by molar-refractivity contribution is -0.121. The van der Waals surface area contributed by atoms with Crippen LogP contribution in [0.1, 0.15) is 12.0 Å². The molecule has 0 aliphatic heterocycles. The van der Waals surface area contributed by atoms with Crippen molar-refractivity contribution in [2.45, 2.75) is 19.4 Å². The summed E-state index contributed by atoms with van der Waals surface area (Å²) in [4.78, 5) is 43.0. The van der Waals surface area contributed by atoms with Gasteiger partial charge < -0.3 is 15.3 Å². The van der Waals surface area contributed by atoms with Gasteiger partial charge in [0.2, 0.25) is 5.91 Å². The predicted molar refractivity (Wildman–Crippen MR) is 116 cm³/mol. The molecule has 0 saturated carbocycles. The molecule has 2 aromatic carbocycles. The molecule has 4 rings (SSSR count). The first-order valence-electron chi connectivity index (χ1n) is 9.93. The van der Waals surface area contributed by atoms with Crippen molar-refractivity contribution in [3.63, 3.8) is 0 Å². The molecule has 0 radical (unpaired) electrons. The Labute approximate surface area is 176 Å². The number of nitrogens with zero attached hydrogens (tertiary/aromatic N) is 1. The van der Waals surface area contributed by atoms with Gasteiger partial charge in [-0.2, -0.15) is 0 Å². The van der Waals surface area contributed by atoms with Crippen LogP contribution in [0.25, 0.3) is 22.2 Å². The maximum absolute atomic E-state index is 13.2. The highest BCUT2D eigenvalue weighted by molar-refractivity contribution is 5.91. The third-order valence-electron chi connectivity index (χ3n) is 5.08. The molecular weight excluding hydrogens is 399 g/mol. The van der Waals surface area contributed by atoms with Gasteiger partial charge in [0.25, 0.3) is 5.56 Å². The Kier molecular flexibility index (Phi) is 5.79. The second-order valence-corrected chi connectivity index (χ2v) is 7.22. The summed E-state index contributed by atoms with van der Waals surface area (Å²) >= 11 is 0. The van der Waals surface area contributed by atoms with Crippen molar-refractivity contribution < 1.29 is 9.18 Å². The van der Waals surface area contributed by atoms with E-state index in [0.717, 1.165) is 17.4 Å². The number of nitrogens with one attached hydrogen (secondary N) is 3. The van der Waals surface area contributed by atoms with Crippen LogP contribution in [-0.4, -0.2) is 27.0 Å². The minimum Gasteiger partial charge on any atom is -0.355 e. The summed E-state index contributed by atoms with van der Waals surface area (Å²) in [6.45, 7) is 0.0696. The third kappa shape index (κ3) is 4.48. The second-order valence-electron chi connectivity index (χ2n) is 7.22. The van der Waals surface area contributed by atoms with E-state index in [1.165, 1.54) is 17.7 Å². The van der Waals surface area contributed by atoms with Crippen LogP contribution >= 0.6 is 0 Å². The number of aromatic amines is 2. The Morgan fingerprint density at radius 3 is 2.48 bits per heavy atom. The molecule has 2 heterocycles. The van der Waals surface area contributed by atoms with Gasteiger partial charge in [-0.15, -0.1) is 0 Å². The molecule has 0 unspecified atom stereocenters. The van der Waals surface area contributed by atoms with Gasteiger partial charge >= 0.3 is 5.69 Å². The topological polar surface area (TPSA) is 99.8 Å². The molecule has 31 heavy (non-hydrogen) atoms. The summed E-state index contributed by atoms with van der Waals surface area (Å²) in [6.07, 6.45) is 3.14. The molecule has 8 heteroatoms. The molecule has 4 aromatic rings. The van der Waals surface area contributed by atoms with E-state index >= 15 is 0 Å². The van der Waals surface area contributed by atoms with E-state index in [1.807, 2.05) is 30.3 Å². The first-order valence-corrected chi connectivity index (χ1v) is 9.93. The van der Waals surface area contributed by atoms with Crippen LogP contribution in [0.15, 0.2) is 70.4 Å². The SMILES string of the molecule is O=C(Cn1c(=O)[nH]c2c(-c3ccc(F)cc3)c[nH]c2c1=O)NCCCc1ccccc1. The first-order chi connectivity index (χ1) is 15.0. The van der Waals surface area contributed by atoms with Gasteiger partial charge in [-0.25, -0.2) is 13.8 Å². The molecule has 0 bridgehead atoms. The van der Waals surface area contributed by atoms with E-state index in [-0.39, 0.29) is 17.9 Å². The van der Waals surface area contributed by atoms with E-state index in [0.29, 0.717) is 23.2 Å². The number of carbonyl (C=O) groups excluding carboxylic acids is 1. The van der Waals surface area contributed by atoms with Crippen molar-refractivity contribution in [3.05, 3.63) is 93.0 Å². The van der Waals surface area contributed by atoms with Gasteiger partial charge in [0.15, 0.2) is 0 Å². The number of amides is 1. The number of carbonyl (C=O) groups is 1. The lowest BCUT2D eigenvalue weighted by Gasteiger charge is -2.07. The lowest BCUT2D eigenvalue weighted by atomic mass is 10.1. The molecule has 3 N–H and O–H groups in total. The van der Waals surface area contributed by atoms with Crippen LogP contribution in [0.3, 0.4) is 0 Å². The van der Waals surface area contributed by atoms with E-state index in [2.05, 4.69) is 15.3 Å². The Morgan fingerprint density at radius 1 is 1.00 bits per heavy atom. The standard InChI is InChI=1S/C23H21FN4O3/c24-17-10-8-16(9-11-17)18-13-26-21-20(18)27-23(31)28(22(21)30)14-19(29)25-12-4-7-15-5-2-1-3-6-15/h1-3,5-6,8-11,13,26H,4,7,12,14H2,(H,25,29)(H,27,31). The largest absolute Gasteiger partial charge is 0.355 e. The van der Waals surface area contributed by atoms with Crippen LogP contribution in [0, 0.1) is 5.82 Å². The molecule has 0 fully saturated rings. The van der Waals surface area contributed by atoms with Crippen LogP contribution in [0.2, 0.25) is 0 Å². The Balaban J connectivity index is 1.47. The number of hydrogen-bond donors (Lipinski definition) is 3. The molecule has 0 saturated heterocycles. The number of rotatable bonds is 7. The van der Waals surface area contributed by atoms with Gasteiger partial charge in [0.05, 0.1) is 5.52 Å². The molecule has 158 valence electrons. The smallest absolute Gasteiger partial charge is 0.329 e. The number of hydrogen-bond acceptors (Lipinski definition) is 3. The second kappa shape index (κ2) is 8.83. The van der Waals surface area contributed by atoms with Crippen LogP contribution in [0.5, 0.6) is 0 Å². The summed E-state index contributed by atoms with van der Waals surface area (Å²) in [6, 6.07) is 15.6. The Morgan fingerprint density at radius 2 is 1.74 bits per heavy atom. The zero-order valence-electron chi connectivity index (χ0n) is 16.7. The number of halogens is 1. The maximum atomic E-state index is 13.2. The number of aromatic nitrogens is 3.